The summed E-state index contributed by atoms with van der Waals surface area (Å²) in [4.78, 5) is 1.41. The SMILES string of the molecule is CCCNC(CSc1cccc(C)c1)CC1CCC1. The van der Waals surface area contributed by atoms with Gasteiger partial charge in [-0.05, 0) is 44.4 Å². The molecule has 0 aromatic heterocycles. The standard InChI is InChI=1S/C17H27NS/c1-3-10-18-16(12-15-7-5-8-15)13-19-17-9-4-6-14(2)11-17/h4,6,9,11,15-16,18H,3,5,7-8,10,12-13H2,1-2H3. The zero-order valence-electron chi connectivity index (χ0n) is 12.3. The molecule has 1 aromatic carbocycles. The van der Waals surface area contributed by atoms with Crippen molar-refractivity contribution in [3.63, 3.8) is 0 Å². The summed E-state index contributed by atoms with van der Waals surface area (Å²) >= 11 is 2.01. The molecule has 0 spiro atoms. The Morgan fingerprint density at radius 2 is 2.21 bits per heavy atom. The summed E-state index contributed by atoms with van der Waals surface area (Å²) < 4.78 is 0. The Hall–Kier alpha value is -0.470. The molecule has 0 saturated heterocycles. The highest BCUT2D eigenvalue weighted by Crippen LogP contribution is 2.32. The van der Waals surface area contributed by atoms with E-state index in [-0.39, 0.29) is 0 Å². The summed E-state index contributed by atoms with van der Waals surface area (Å²) in [5.41, 5.74) is 1.36. The van der Waals surface area contributed by atoms with Gasteiger partial charge >= 0.3 is 0 Å². The molecule has 2 heteroatoms. The molecule has 1 saturated carbocycles. The molecule has 0 radical (unpaired) electrons. The van der Waals surface area contributed by atoms with E-state index in [1.165, 1.54) is 48.3 Å². The third kappa shape index (κ3) is 5.19. The number of hydrogen-bond donors (Lipinski definition) is 1. The maximum atomic E-state index is 3.73. The number of benzene rings is 1. The molecule has 0 aliphatic heterocycles. The molecular formula is C17H27NS. The van der Waals surface area contributed by atoms with E-state index >= 15 is 0 Å². The molecule has 1 unspecified atom stereocenters. The maximum Gasteiger partial charge on any atom is 0.0164 e. The second kappa shape index (κ2) is 7.96. The summed E-state index contributed by atoms with van der Waals surface area (Å²) in [6.45, 7) is 5.58. The van der Waals surface area contributed by atoms with Gasteiger partial charge in [0.05, 0.1) is 0 Å². The van der Waals surface area contributed by atoms with Crippen molar-refractivity contribution in [1.82, 2.24) is 5.32 Å². The summed E-state index contributed by atoms with van der Waals surface area (Å²) in [6, 6.07) is 9.56. The van der Waals surface area contributed by atoms with E-state index in [1.807, 2.05) is 11.8 Å². The molecule has 1 nitrogen and oxygen atoms in total. The van der Waals surface area contributed by atoms with Gasteiger partial charge < -0.3 is 5.32 Å². The van der Waals surface area contributed by atoms with Crippen molar-refractivity contribution in [1.29, 1.82) is 0 Å². The third-order valence-corrected chi connectivity index (χ3v) is 5.12. The van der Waals surface area contributed by atoms with Gasteiger partial charge in [-0.3, -0.25) is 0 Å². The summed E-state index contributed by atoms with van der Waals surface area (Å²) in [6.07, 6.45) is 6.98. The Bertz CT molecular complexity index is 373. The zero-order chi connectivity index (χ0) is 13.5. The summed E-state index contributed by atoms with van der Waals surface area (Å²) in [7, 11) is 0. The van der Waals surface area contributed by atoms with E-state index in [4.69, 9.17) is 0 Å². The maximum absolute atomic E-state index is 3.73. The van der Waals surface area contributed by atoms with Crippen LogP contribution in [0.3, 0.4) is 0 Å². The van der Waals surface area contributed by atoms with E-state index in [9.17, 15) is 0 Å². The predicted molar refractivity (Wildman–Crippen MR) is 85.9 cm³/mol. The van der Waals surface area contributed by atoms with Gasteiger partial charge in [0.1, 0.15) is 0 Å². The normalized spacial score (nSPS) is 17.2. The predicted octanol–water partition coefficient (Wildman–Crippen LogP) is 4.65. The fourth-order valence-electron chi connectivity index (χ4n) is 2.59. The van der Waals surface area contributed by atoms with Gasteiger partial charge in [0.15, 0.2) is 0 Å². The van der Waals surface area contributed by atoms with E-state index in [1.54, 1.807) is 0 Å². The number of rotatable bonds is 8. The van der Waals surface area contributed by atoms with Gasteiger partial charge in [-0.1, -0.05) is 43.9 Å². The highest BCUT2D eigenvalue weighted by Gasteiger charge is 2.21. The van der Waals surface area contributed by atoms with Crippen LogP contribution in [0, 0.1) is 12.8 Å². The van der Waals surface area contributed by atoms with Crippen molar-refractivity contribution in [3.05, 3.63) is 29.8 Å². The van der Waals surface area contributed by atoms with Crippen LogP contribution in [0.2, 0.25) is 0 Å². The minimum atomic E-state index is 0.691. The molecule has 1 atom stereocenters. The Morgan fingerprint density at radius 3 is 2.84 bits per heavy atom. The fourth-order valence-corrected chi connectivity index (χ4v) is 3.68. The lowest BCUT2D eigenvalue weighted by Crippen LogP contribution is -2.35. The minimum absolute atomic E-state index is 0.691. The highest BCUT2D eigenvalue weighted by atomic mass is 32.2. The smallest absolute Gasteiger partial charge is 0.0164 e. The van der Waals surface area contributed by atoms with E-state index in [0.29, 0.717) is 6.04 Å². The van der Waals surface area contributed by atoms with Crippen LogP contribution in [0.15, 0.2) is 29.2 Å². The zero-order valence-corrected chi connectivity index (χ0v) is 13.1. The van der Waals surface area contributed by atoms with Crippen LogP contribution >= 0.6 is 11.8 Å². The molecule has 1 aromatic rings. The molecule has 0 bridgehead atoms. The first kappa shape index (κ1) is 14.9. The fraction of sp³-hybridized carbons (Fsp3) is 0.647. The Balaban J connectivity index is 1.80. The van der Waals surface area contributed by atoms with E-state index in [2.05, 4.69) is 43.4 Å². The van der Waals surface area contributed by atoms with Gasteiger partial charge in [-0.2, -0.15) is 0 Å². The Labute approximate surface area is 122 Å². The van der Waals surface area contributed by atoms with E-state index in [0.717, 1.165) is 12.5 Å². The lowest BCUT2D eigenvalue weighted by Gasteiger charge is -2.30. The highest BCUT2D eigenvalue weighted by molar-refractivity contribution is 7.99. The van der Waals surface area contributed by atoms with Crippen LogP contribution in [0.1, 0.15) is 44.6 Å². The van der Waals surface area contributed by atoms with Crippen molar-refractivity contribution in [2.45, 2.75) is 56.9 Å². The van der Waals surface area contributed by atoms with Crippen molar-refractivity contribution in [2.24, 2.45) is 5.92 Å². The number of thioether (sulfide) groups is 1. The molecular weight excluding hydrogens is 250 g/mol. The number of nitrogens with one attached hydrogen (secondary N) is 1. The first-order valence-electron chi connectivity index (χ1n) is 7.70. The van der Waals surface area contributed by atoms with Crippen LogP contribution in [0.5, 0.6) is 0 Å². The van der Waals surface area contributed by atoms with Crippen molar-refractivity contribution in [3.8, 4) is 0 Å². The lowest BCUT2D eigenvalue weighted by atomic mass is 9.81. The third-order valence-electron chi connectivity index (χ3n) is 3.97. The average molecular weight is 277 g/mol. The molecule has 0 amide bonds. The number of hydrogen-bond acceptors (Lipinski definition) is 2. The molecule has 1 aliphatic carbocycles. The lowest BCUT2D eigenvalue weighted by molar-refractivity contribution is 0.268. The van der Waals surface area contributed by atoms with Crippen molar-refractivity contribution >= 4 is 11.8 Å². The molecule has 0 heterocycles. The van der Waals surface area contributed by atoms with Gasteiger partial charge in [0.2, 0.25) is 0 Å². The second-order valence-electron chi connectivity index (χ2n) is 5.81. The summed E-state index contributed by atoms with van der Waals surface area (Å²) in [5.74, 6) is 2.20. The molecule has 106 valence electrons. The van der Waals surface area contributed by atoms with Crippen molar-refractivity contribution < 1.29 is 0 Å². The van der Waals surface area contributed by atoms with Gasteiger partial charge in [-0.15, -0.1) is 11.8 Å². The van der Waals surface area contributed by atoms with Gasteiger partial charge in [-0.25, -0.2) is 0 Å². The van der Waals surface area contributed by atoms with Crippen LogP contribution < -0.4 is 5.32 Å². The average Bonchev–Trinajstić information content (AvgIpc) is 2.36. The summed E-state index contributed by atoms with van der Waals surface area (Å²) in [5, 5.41) is 3.73. The van der Waals surface area contributed by atoms with Crippen LogP contribution in [-0.2, 0) is 0 Å². The Morgan fingerprint density at radius 1 is 1.37 bits per heavy atom. The topological polar surface area (TPSA) is 12.0 Å². The van der Waals surface area contributed by atoms with Crippen LogP contribution in [0.4, 0.5) is 0 Å². The van der Waals surface area contributed by atoms with Crippen LogP contribution in [0.25, 0.3) is 0 Å². The Kier molecular flexibility index (Phi) is 6.25. The molecule has 1 N–H and O–H groups in total. The largest absolute Gasteiger partial charge is 0.313 e. The monoisotopic (exact) mass is 277 g/mol. The first-order valence-corrected chi connectivity index (χ1v) is 8.69. The number of aryl methyl sites for hydroxylation is 1. The molecule has 1 fully saturated rings. The minimum Gasteiger partial charge on any atom is -0.313 e. The van der Waals surface area contributed by atoms with Gasteiger partial charge in [0.25, 0.3) is 0 Å². The quantitative estimate of drug-likeness (QED) is 0.694. The van der Waals surface area contributed by atoms with Crippen molar-refractivity contribution in [2.75, 3.05) is 12.3 Å². The first-order chi connectivity index (χ1) is 9.28. The van der Waals surface area contributed by atoms with E-state index < -0.39 is 0 Å². The molecule has 19 heavy (non-hydrogen) atoms. The van der Waals surface area contributed by atoms with Gasteiger partial charge in [0, 0.05) is 16.7 Å². The molecule has 2 rings (SSSR count). The molecule has 1 aliphatic rings. The van der Waals surface area contributed by atoms with Crippen LogP contribution in [-0.4, -0.2) is 18.3 Å². The second-order valence-corrected chi connectivity index (χ2v) is 6.90.